The summed E-state index contributed by atoms with van der Waals surface area (Å²) in [5.74, 6) is 0.660. The number of likely N-dealkylation sites (tertiary alicyclic amines) is 1. The van der Waals surface area contributed by atoms with E-state index < -0.39 is 0 Å². The van der Waals surface area contributed by atoms with Gasteiger partial charge in [0.05, 0.1) is 5.69 Å². The maximum absolute atomic E-state index is 12.7. The lowest BCUT2D eigenvalue weighted by Crippen LogP contribution is -2.40. The van der Waals surface area contributed by atoms with Crippen molar-refractivity contribution in [3.05, 3.63) is 42.0 Å². The monoisotopic (exact) mass is 365 g/mol. The first-order valence-corrected chi connectivity index (χ1v) is 9.96. The summed E-state index contributed by atoms with van der Waals surface area (Å²) < 4.78 is 0. The first-order valence-electron chi connectivity index (χ1n) is 9.96. The summed E-state index contributed by atoms with van der Waals surface area (Å²) >= 11 is 0. The summed E-state index contributed by atoms with van der Waals surface area (Å²) in [5, 5.41) is 4.97. The predicted molar refractivity (Wildman–Crippen MR) is 108 cm³/mol. The number of nitrogens with one attached hydrogen (secondary N) is 1. The quantitative estimate of drug-likeness (QED) is 0.801. The molecule has 142 valence electrons. The Hall–Kier alpha value is -2.40. The van der Waals surface area contributed by atoms with E-state index in [0.717, 1.165) is 35.3 Å². The number of nitrogens with zero attached hydrogens (tertiary/aromatic N) is 2. The molecule has 2 aliphatic heterocycles. The molecule has 0 aromatic heterocycles. The molecule has 27 heavy (non-hydrogen) atoms. The molecular formula is C22H27N3O2. The van der Waals surface area contributed by atoms with Crippen molar-refractivity contribution < 1.29 is 9.59 Å². The standard InChI is InChI=1S/C22H27N3O2/c1-16-9-13-24(14-10-16)12-4-11-23-20(26)15-25-19-8-3-6-17-5-2-7-18(21(17)19)22(25)27/h2-3,5-8,16H,4,9-15H2,1H3,(H,23,26). The van der Waals surface area contributed by atoms with Crippen molar-refractivity contribution in [2.24, 2.45) is 5.92 Å². The Balaban J connectivity index is 1.29. The van der Waals surface area contributed by atoms with Crippen molar-refractivity contribution in [2.75, 3.05) is 37.6 Å². The molecule has 2 amide bonds. The molecule has 2 heterocycles. The molecule has 0 aliphatic carbocycles. The first-order chi connectivity index (χ1) is 13.1. The van der Waals surface area contributed by atoms with Gasteiger partial charge >= 0.3 is 0 Å². The van der Waals surface area contributed by atoms with Crippen molar-refractivity contribution in [1.82, 2.24) is 10.2 Å². The second kappa shape index (κ2) is 7.69. The largest absolute Gasteiger partial charge is 0.355 e. The van der Waals surface area contributed by atoms with E-state index in [-0.39, 0.29) is 18.4 Å². The van der Waals surface area contributed by atoms with Gasteiger partial charge in [0, 0.05) is 17.5 Å². The highest BCUT2D eigenvalue weighted by atomic mass is 16.2. The smallest absolute Gasteiger partial charge is 0.259 e. The van der Waals surface area contributed by atoms with E-state index in [1.54, 1.807) is 4.90 Å². The zero-order valence-electron chi connectivity index (χ0n) is 15.9. The molecular weight excluding hydrogens is 338 g/mol. The zero-order chi connectivity index (χ0) is 18.8. The number of hydrogen-bond acceptors (Lipinski definition) is 3. The minimum absolute atomic E-state index is 0.0772. The van der Waals surface area contributed by atoms with Gasteiger partial charge in [0.15, 0.2) is 0 Å². The van der Waals surface area contributed by atoms with Crippen LogP contribution in [0.5, 0.6) is 0 Å². The van der Waals surface area contributed by atoms with Crippen LogP contribution < -0.4 is 10.2 Å². The van der Waals surface area contributed by atoms with Crippen molar-refractivity contribution in [3.8, 4) is 0 Å². The third-order valence-electron chi connectivity index (χ3n) is 5.80. The molecule has 0 saturated carbocycles. The van der Waals surface area contributed by atoms with Crippen molar-refractivity contribution >= 4 is 28.3 Å². The third-order valence-corrected chi connectivity index (χ3v) is 5.80. The Morgan fingerprint density at radius 1 is 1.15 bits per heavy atom. The Labute approximate surface area is 160 Å². The topological polar surface area (TPSA) is 52.7 Å². The number of piperidine rings is 1. The highest BCUT2D eigenvalue weighted by Crippen LogP contribution is 2.36. The van der Waals surface area contributed by atoms with Gasteiger partial charge in [-0.1, -0.05) is 31.2 Å². The normalized spacial score (nSPS) is 17.7. The average Bonchev–Trinajstić information content (AvgIpc) is 2.95. The molecule has 0 spiro atoms. The Bertz CT molecular complexity index is 851. The van der Waals surface area contributed by atoms with E-state index in [4.69, 9.17) is 0 Å². The molecule has 2 aliphatic rings. The Kier molecular flexibility index (Phi) is 5.12. The van der Waals surface area contributed by atoms with Crippen LogP contribution in [-0.4, -0.2) is 49.4 Å². The lowest BCUT2D eigenvalue weighted by Gasteiger charge is -2.30. The van der Waals surface area contributed by atoms with E-state index in [9.17, 15) is 9.59 Å². The number of rotatable bonds is 6. The summed E-state index contributed by atoms with van der Waals surface area (Å²) in [6.45, 7) is 6.41. The maximum Gasteiger partial charge on any atom is 0.259 e. The number of hydrogen-bond donors (Lipinski definition) is 1. The van der Waals surface area contributed by atoms with E-state index in [1.165, 1.54) is 25.9 Å². The maximum atomic E-state index is 12.7. The molecule has 1 saturated heterocycles. The lowest BCUT2D eigenvalue weighted by atomic mass is 9.99. The number of carbonyl (C=O) groups is 2. The van der Waals surface area contributed by atoms with Crippen molar-refractivity contribution in [2.45, 2.75) is 26.2 Å². The van der Waals surface area contributed by atoms with Crippen LogP contribution >= 0.6 is 0 Å². The summed E-state index contributed by atoms with van der Waals surface area (Å²) in [5.41, 5.74) is 1.53. The number of benzene rings is 2. The van der Waals surface area contributed by atoms with Gasteiger partial charge in [0.1, 0.15) is 6.54 Å². The minimum Gasteiger partial charge on any atom is -0.355 e. The van der Waals surface area contributed by atoms with Gasteiger partial charge in [-0.15, -0.1) is 0 Å². The highest BCUT2D eigenvalue weighted by Gasteiger charge is 2.30. The average molecular weight is 365 g/mol. The fraction of sp³-hybridized carbons (Fsp3) is 0.455. The summed E-state index contributed by atoms with van der Waals surface area (Å²) in [4.78, 5) is 29.2. The van der Waals surface area contributed by atoms with Gasteiger partial charge in [0.2, 0.25) is 5.91 Å². The zero-order valence-corrected chi connectivity index (χ0v) is 15.9. The fourth-order valence-electron chi connectivity index (χ4n) is 4.15. The van der Waals surface area contributed by atoms with E-state index in [0.29, 0.717) is 12.1 Å². The molecule has 0 radical (unpaired) electrons. The van der Waals surface area contributed by atoms with E-state index in [1.807, 2.05) is 36.4 Å². The molecule has 1 N–H and O–H groups in total. The van der Waals surface area contributed by atoms with Gasteiger partial charge in [-0.2, -0.15) is 0 Å². The van der Waals surface area contributed by atoms with Crippen LogP contribution in [0.25, 0.3) is 10.8 Å². The Morgan fingerprint density at radius 3 is 2.67 bits per heavy atom. The minimum atomic E-state index is -0.0968. The predicted octanol–water partition coefficient (Wildman–Crippen LogP) is 3.04. The van der Waals surface area contributed by atoms with Crippen LogP contribution in [0.2, 0.25) is 0 Å². The SMILES string of the molecule is CC1CCN(CCCNC(=O)CN2C(=O)c3cccc4cccc2c34)CC1. The summed E-state index contributed by atoms with van der Waals surface area (Å²) in [6.07, 6.45) is 3.49. The molecule has 0 bridgehead atoms. The van der Waals surface area contributed by atoms with Gasteiger partial charge in [0.25, 0.3) is 5.91 Å². The lowest BCUT2D eigenvalue weighted by molar-refractivity contribution is -0.119. The second-order valence-electron chi connectivity index (χ2n) is 7.80. The third kappa shape index (κ3) is 3.69. The van der Waals surface area contributed by atoms with Crippen LogP contribution in [0, 0.1) is 5.92 Å². The molecule has 0 unspecified atom stereocenters. The number of carbonyl (C=O) groups excluding carboxylic acids is 2. The molecule has 1 fully saturated rings. The van der Waals surface area contributed by atoms with Crippen LogP contribution in [0.15, 0.2) is 36.4 Å². The molecule has 2 aromatic carbocycles. The number of anilines is 1. The van der Waals surface area contributed by atoms with Crippen LogP contribution in [-0.2, 0) is 4.79 Å². The summed E-state index contributed by atoms with van der Waals surface area (Å²) in [7, 11) is 0. The first kappa shape index (κ1) is 18.0. The second-order valence-corrected chi connectivity index (χ2v) is 7.80. The van der Waals surface area contributed by atoms with Gasteiger partial charge < -0.3 is 10.2 Å². The molecule has 5 nitrogen and oxygen atoms in total. The molecule has 0 atom stereocenters. The van der Waals surface area contributed by atoms with E-state index in [2.05, 4.69) is 17.1 Å². The molecule has 4 rings (SSSR count). The molecule has 5 heteroatoms. The van der Waals surface area contributed by atoms with E-state index >= 15 is 0 Å². The Morgan fingerprint density at radius 2 is 1.89 bits per heavy atom. The van der Waals surface area contributed by atoms with Crippen molar-refractivity contribution in [1.29, 1.82) is 0 Å². The summed E-state index contributed by atoms with van der Waals surface area (Å²) in [6, 6.07) is 11.6. The fourth-order valence-corrected chi connectivity index (χ4v) is 4.15. The van der Waals surface area contributed by atoms with Gasteiger partial charge in [-0.05, 0) is 62.3 Å². The number of amides is 2. The van der Waals surface area contributed by atoms with Gasteiger partial charge in [-0.3, -0.25) is 14.5 Å². The highest BCUT2D eigenvalue weighted by molar-refractivity contribution is 6.26. The van der Waals surface area contributed by atoms with Crippen LogP contribution in [0.1, 0.15) is 36.5 Å². The van der Waals surface area contributed by atoms with Gasteiger partial charge in [-0.25, -0.2) is 0 Å². The van der Waals surface area contributed by atoms with Crippen molar-refractivity contribution in [3.63, 3.8) is 0 Å². The van der Waals surface area contributed by atoms with Crippen LogP contribution in [0.4, 0.5) is 5.69 Å². The van der Waals surface area contributed by atoms with Crippen LogP contribution in [0.3, 0.4) is 0 Å². The molecule has 2 aromatic rings.